The van der Waals surface area contributed by atoms with E-state index < -0.39 is 0 Å². The molecule has 0 aliphatic carbocycles. The van der Waals surface area contributed by atoms with Crippen molar-refractivity contribution in [2.24, 2.45) is 0 Å². The molecule has 0 saturated heterocycles. The minimum Gasteiger partial charge on any atom is -0.237 e. The van der Waals surface area contributed by atoms with E-state index in [9.17, 15) is 5.11 Å². The first-order chi connectivity index (χ1) is 9.41. The fourth-order valence-electron chi connectivity index (χ4n) is 1.87. The Hall–Kier alpha value is -0.820. The maximum atomic E-state index is 10.2. The summed E-state index contributed by atoms with van der Waals surface area (Å²) in [7, 11) is 0. The minimum absolute atomic E-state index is 0.0992. The van der Waals surface area contributed by atoms with Crippen LogP contribution in [0.4, 0.5) is 0 Å². The molecule has 0 rings (SSSR count). The molecule has 0 saturated carbocycles. The van der Waals surface area contributed by atoms with Crippen LogP contribution in [-0.2, 0) is 5.11 Å². The van der Waals surface area contributed by atoms with Gasteiger partial charge in [0.25, 0.3) is 0 Å². The standard InChI is InChI=1S/C18H31O/c1-2-3-4-5-6-7-8-9-10-11-12-13-14-15-16-17-18-19/h5-10H,2-4,11-18H2,1H3/b6-5+,8-7+,10-9-. The molecule has 1 heteroatoms. The van der Waals surface area contributed by atoms with Gasteiger partial charge < -0.3 is 0 Å². The summed E-state index contributed by atoms with van der Waals surface area (Å²) in [5.74, 6) is 0. The highest BCUT2D eigenvalue weighted by Crippen LogP contribution is 2.07. The van der Waals surface area contributed by atoms with E-state index in [0.717, 1.165) is 12.8 Å². The van der Waals surface area contributed by atoms with Crippen LogP contribution in [0.25, 0.3) is 0 Å². The maximum Gasteiger partial charge on any atom is 0.0822 e. The van der Waals surface area contributed by atoms with E-state index in [0.29, 0.717) is 0 Å². The number of hydrogen-bond donors (Lipinski definition) is 0. The Morgan fingerprint density at radius 2 is 1.16 bits per heavy atom. The fraction of sp³-hybridized carbons (Fsp3) is 0.667. The second kappa shape index (κ2) is 17.2. The lowest BCUT2D eigenvalue weighted by Gasteiger charge is -1.97. The number of hydrogen-bond acceptors (Lipinski definition) is 0. The Balaban J connectivity index is 3.24. The zero-order valence-corrected chi connectivity index (χ0v) is 12.7. The molecule has 109 valence electrons. The van der Waals surface area contributed by atoms with Crippen LogP contribution in [0, 0.1) is 0 Å². The van der Waals surface area contributed by atoms with Gasteiger partial charge in [0, 0.05) is 0 Å². The largest absolute Gasteiger partial charge is 0.237 e. The molecule has 0 bridgehead atoms. The summed E-state index contributed by atoms with van der Waals surface area (Å²) >= 11 is 0. The first-order valence-electron chi connectivity index (χ1n) is 7.98. The zero-order chi connectivity index (χ0) is 14.0. The molecule has 0 aromatic carbocycles. The van der Waals surface area contributed by atoms with Gasteiger partial charge in [0.1, 0.15) is 0 Å². The Labute approximate surface area is 120 Å². The molecule has 0 atom stereocenters. The van der Waals surface area contributed by atoms with Crippen molar-refractivity contribution in [3.8, 4) is 0 Å². The summed E-state index contributed by atoms with van der Waals surface area (Å²) < 4.78 is 0. The van der Waals surface area contributed by atoms with E-state index in [2.05, 4.69) is 43.4 Å². The molecule has 0 aliphatic heterocycles. The highest BCUT2D eigenvalue weighted by atomic mass is 16.2. The van der Waals surface area contributed by atoms with Crippen molar-refractivity contribution in [1.29, 1.82) is 0 Å². The van der Waals surface area contributed by atoms with Crippen molar-refractivity contribution in [3.63, 3.8) is 0 Å². The lowest BCUT2D eigenvalue weighted by molar-refractivity contribution is 0.186. The van der Waals surface area contributed by atoms with Gasteiger partial charge in [-0.1, -0.05) is 81.9 Å². The van der Waals surface area contributed by atoms with Gasteiger partial charge in [-0.3, -0.25) is 0 Å². The molecule has 0 unspecified atom stereocenters. The smallest absolute Gasteiger partial charge is 0.0822 e. The van der Waals surface area contributed by atoms with Crippen LogP contribution in [0.3, 0.4) is 0 Å². The SMILES string of the molecule is CCCC/C=C/C=C/C=C\CCCCCCCC[O]. The van der Waals surface area contributed by atoms with Crippen LogP contribution >= 0.6 is 0 Å². The van der Waals surface area contributed by atoms with Crippen molar-refractivity contribution >= 4 is 0 Å². The molecule has 0 aromatic rings. The summed E-state index contributed by atoms with van der Waals surface area (Å²) in [6, 6.07) is 0. The lowest BCUT2D eigenvalue weighted by atomic mass is 10.1. The highest BCUT2D eigenvalue weighted by molar-refractivity contribution is 5.10. The van der Waals surface area contributed by atoms with Crippen LogP contribution in [0.2, 0.25) is 0 Å². The Bertz CT molecular complexity index is 238. The van der Waals surface area contributed by atoms with Crippen molar-refractivity contribution in [2.45, 2.75) is 71.1 Å². The number of unbranched alkanes of at least 4 members (excludes halogenated alkanes) is 8. The van der Waals surface area contributed by atoms with Gasteiger partial charge in [0.05, 0.1) is 6.61 Å². The summed E-state index contributed by atoms with van der Waals surface area (Å²) in [5.41, 5.74) is 0. The summed E-state index contributed by atoms with van der Waals surface area (Å²) in [4.78, 5) is 0. The number of rotatable bonds is 13. The molecule has 0 aromatic heterocycles. The van der Waals surface area contributed by atoms with Gasteiger partial charge in [0.15, 0.2) is 0 Å². The summed E-state index contributed by atoms with van der Waals surface area (Å²) in [6.45, 7) is 2.32. The third-order valence-electron chi connectivity index (χ3n) is 3.09. The van der Waals surface area contributed by atoms with Gasteiger partial charge in [-0.05, 0) is 25.7 Å². The summed E-state index contributed by atoms with van der Waals surface area (Å²) in [5, 5.41) is 10.2. The molecule has 0 fully saturated rings. The summed E-state index contributed by atoms with van der Waals surface area (Å²) in [6.07, 6.45) is 24.9. The van der Waals surface area contributed by atoms with Crippen LogP contribution in [-0.4, -0.2) is 6.61 Å². The van der Waals surface area contributed by atoms with Crippen molar-refractivity contribution < 1.29 is 5.11 Å². The molecule has 0 amide bonds. The van der Waals surface area contributed by atoms with Gasteiger partial charge >= 0.3 is 0 Å². The molecular formula is C18H31O. The van der Waals surface area contributed by atoms with Crippen molar-refractivity contribution in [2.75, 3.05) is 6.61 Å². The second-order valence-electron chi connectivity index (χ2n) is 5.00. The molecule has 0 N–H and O–H groups in total. The monoisotopic (exact) mass is 263 g/mol. The number of allylic oxidation sites excluding steroid dienone is 6. The fourth-order valence-corrected chi connectivity index (χ4v) is 1.87. The van der Waals surface area contributed by atoms with Crippen molar-refractivity contribution in [1.82, 2.24) is 0 Å². The van der Waals surface area contributed by atoms with E-state index in [1.807, 2.05) is 0 Å². The average molecular weight is 263 g/mol. The van der Waals surface area contributed by atoms with Crippen molar-refractivity contribution in [3.05, 3.63) is 36.5 Å². The Morgan fingerprint density at radius 1 is 0.632 bits per heavy atom. The Morgan fingerprint density at radius 3 is 1.74 bits per heavy atom. The molecule has 0 aliphatic rings. The lowest BCUT2D eigenvalue weighted by Crippen LogP contribution is -1.82. The third kappa shape index (κ3) is 17.2. The van der Waals surface area contributed by atoms with Gasteiger partial charge in [-0.15, -0.1) is 0 Å². The molecule has 0 heterocycles. The zero-order valence-electron chi connectivity index (χ0n) is 12.7. The van der Waals surface area contributed by atoms with E-state index in [1.165, 1.54) is 51.4 Å². The van der Waals surface area contributed by atoms with E-state index in [-0.39, 0.29) is 6.61 Å². The van der Waals surface area contributed by atoms with E-state index in [1.54, 1.807) is 0 Å². The van der Waals surface area contributed by atoms with Crippen LogP contribution in [0.1, 0.15) is 71.1 Å². The minimum atomic E-state index is 0.0992. The quantitative estimate of drug-likeness (QED) is 0.286. The molecule has 1 nitrogen and oxygen atoms in total. The topological polar surface area (TPSA) is 19.9 Å². The van der Waals surface area contributed by atoms with Gasteiger partial charge in [-0.2, -0.15) is 0 Å². The van der Waals surface area contributed by atoms with Gasteiger partial charge in [0.2, 0.25) is 0 Å². The second-order valence-corrected chi connectivity index (χ2v) is 5.00. The van der Waals surface area contributed by atoms with Crippen LogP contribution < -0.4 is 0 Å². The maximum absolute atomic E-state index is 10.2. The Kier molecular flexibility index (Phi) is 16.4. The first kappa shape index (κ1) is 18.2. The van der Waals surface area contributed by atoms with Gasteiger partial charge in [-0.25, -0.2) is 5.11 Å². The molecule has 1 radical (unpaired) electrons. The predicted molar refractivity (Wildman–Crippen MR) is 84.8 cm³/mol. The van der Waals surface area contributed by atoms with Crippen LogP contribution in [0.5, 0.6) is 0 Å². The third-order valence-corrected chi connectivity index (χ3v) is 3.09. The normalized spacial score (nSPS) is 12.3. The molecular weight excluding hydrogens is 232 g/mol. The predicted octanol–water partition coefficient (Wildman–Crippen LogP) is 6.01. The van der Waals surface area contributed by atoms with E-state index in [4.69, 9.17) is 0 Å². The average Bonchev–Trinajstić information content (AvgIpc) is 2.43. The van der Waals surface area contributed by atoms with E-state index >= 15 is 0 Å². The molecule has 0 spiro atoms. The first-order valence-corrected chi connectivity index (χ1v) is 7.98. The van der Waals surface area contributed by atoms with Crippen LogP contribution in [0.15, 0.2) is 36.5 Å². The molecule has 19 heavy (non-hydrogen) atoms. The highest BCUT2D eigenvalue weighted by Gasteiger charge is 1.89.